The van der Waals surface area contributed by atoms with Crippen LogP contribution in [0, 0.1) is 0 Å². The molecule has 20 heavy (non-hydrogen) atoms. The lowest BCUT2D eigenvalue weighted by Crippen LogP contribution is -2.45. The molecule has 1 fully saturated rings. The molecule has 2 rings (SSSR count). The molecular formula is C12H16Cl2N2O2S2. The Balaban J connectivity index is 2.23. The first-order valence-electron chi connectivity index (χ1n) is 6.09. The minimum atomic E-state index is -3.74. The lowest BCUT2D eigenvalue weighted by atomic mass is 9.84. The van der Waals surface area contributed by atoms with E-state index in [4.69, 9.17) is 28.9 Å². The zero-order valence-electron chi connectivity index (χ0n) is 10.9. The molecule has 0 aromatic heterocycles. The highest BCUT2D eigenvalue weighted by Gasteiger charge is 2.37. The van der Waals surface area contributed by atoms with Crippen LogP contribution in [0.2, 0.25) is 10.0 Å². The van der Waals surface area contributed by atoms with Gasteiger partial charge in [0, 0.05) is 17.0 Å². The van der Waals surface area contributed by atoms with Gasteiger partial charge in [-0.25, -0.2) is 13.1 Å². The first-order valence-corrected chi connectivity index (χ1v) is 9.55. The molecule has 112 valence electrons. The normalized spacial score (nSPS) is 17.8. The molecule has 0 aliphatic heterocycles. The van der Waals surface area contributed by atoms with Gasteiger partial charge in [-0.2, -0.15) is 11.8 Å². The molecule has 0 unspecified atom stereocenters. The number of anilines is 1. The highest BCUT2D eigenvalue weighted by molar-refractivity contribution is 8.00. The molecule has 1 aromatic rings. The van der Waals surface area contributed by atoms with Crippen LogP contribution in [-0.4, -0.2) is 26.0 Å². The van der Waals surface area contributed by atoms with E-state index in [-0.39, 0.29) is 19.7 Å². The Labute approximate surface area is 133 Å². The Morgan fingerprint density at radius 1 is 1.35 bits per heavy atom. The number of sulfonamides is 1. The smallest absolute Gasteiger partial charge is 0.243 e. The Hall–Kier alpha value is -0.140. The number of nitrogen functional groups attached to an aromatic ring is 1. The zero-order chi connectivity index (χ0) is 15.0. The van der Waals surface area contributed by atoms with Gasteiger partial charge in [-0.15, -0.1) is 0 Å². The van der Waals surface area contributed by atoms with Crippen molar-refractivity contribution in [2.75, 3.05) is 18.5 Å². The number of hydrogen-bond acceptors (Lipinski definition) is 4. The van der Waals surface area contributed by atoms with Crippen molar-refractivity contribution in [1.82, 2.24) is 4.72 Å². The molecule has 0 amide bonds. The molecule has 1 saturated carbocycles. The summed E-state index contributed by atoms with van der Waals surface area (Å²) < 4.78 is 27.3. The summed E-state index contributed by atoms with van der Waals surface area (Å²) in [6.07, 6.45) is 5.16. The first-order chi connectivity index (χ1) is 9.30. The van der Waals surface area contributed by atoms with E-state index in [9.17, 15) is 8.42 Å². The maximum Gasteiger partial charge on any atom is 0.243 e. The third-order valence-corrected chi connectivity index (χ3v) is 7.31. The Morgan fingerprint density at radius 2 is 1.90 bits per heavy atom. The summed E-state index contributed by atoms with van der Waals surface area (Å²) in [4.78, 5) is -0.106. The van der Waals surface area contributed by atoms with Crippen molar-refractivity contribution in [2.45, 2.75) is 28.9 Å². The number of rotatable bonds is 5. The van der Waals surface area contributed by atoms with Gasteiger partial charge >= 0.3 is 0 Å². The quantitative estimate of drug-likeness (QED) is 0.796. The first kappa shape index (κ1) is 16.2. The fourth-order valence-electron chi connectivity index (χ4n) is 2.16. The largest absolute Gasteiger partial charge is 0.399 e. The molecule has 4 nitrogen and oxygen atoms in total. The van der Waals surface area contributed by atoms with E-state index < -0.39 is 10.0 Å². The fraction of sp³-hybridized carbons (Fsp3) is 0.500. The minimum absolute atomic E-state index is 0.000168. The summed E-state index contributed by atoms with van der Waals surface area (Å²) in [5, 5.41) is 0.0728. The average molecular weight is 355 g/mol. The van der Waals surface area contributed by atoms with Gasteiger partial charge in [0.1, 0.15) is 4.90 Å². The predicted molar refractivity (Wildman–Crippen MR) is 86.2 cm³/mol. The molecular weight excluding hydrogens is 339 g/mol. The SMILES string of the molecule is CSC1(CNS(=O)(=O)c2c(Cl)cc(N)cc2Cl)CCC1. The van der Waals surface area contributed by atoms with Crippen LogP contribution in [0.25, 0.3) is 0 Å². The van der Waals surface area contributed by atoms with Crippen molar-refractivity contribution in [1.29, 1.82) is 0 Å². The van der Waals surface area contributed by atoms with E-state index >= 15 is 0 Å². The number of halogens is 2. The molecule has 0 saturated heterocycles. The summed E-state index contributed by atoms with van der Waals surface area (Å²) in [7, 11) is -3.74. The van der Waals surface area contributed by atoms with E-state index in [1.807, 2.05) is 6.26 Å². The van der Waals surface area contributed by atoms with Crippen molar-refractivity contribution in [3.05, 3.63) is 22.2 Å². The fourth-order valence-corrected chi connectivity index (χ4v) is 5.52. The molecule has 3 N–H and O–H groups in total. The number of nitrogens with one attached hydrogen (secondary N) is 1. The second-order valence-corrected chi connectivity index (χ2v) is 8.67. The summed E-state index contributed by atoms with van der Waals surface area (Å²) in [5.41, 5.74) is 5.91. The second-order valence-electron chi connectivity index (χ2n) is 4.88. The van der Waals surface area contributed by atoms with Crippen LogP contribution >= 0.6 is 35.0 Å². The lowest BCUT2D eigenvalue weighted by Gasteiger charge is -2.40. The van der Waals surface area contributed by atoms with Gasteiger partial charge in [0.2, 0.25) is 10.0 Å². The van der Waals surface area contributed by atoms with Crippen molar-refractivity contribution in [3.63, 3.8) is 0 Å². The second kappa shape index (κ2) is 5.93. The standard InChI is InChI=1S/C12H16Cl2N2O2S2/c1-19-12(3-2-4-12)7-16-20(17,18)11-9(13)5-8(15)6-10(11)14/h5-6,16H,2-4,7,15H2,1H3. The molecule has 0 bridgehead atoms. The van der Waals surface area contributed by atoms with E-state index in [1.54, 1.807) is 11.8 Å². The van der Waals surface area contributed by atoms with Crippen molar-refractivity contribution >= 4 is 50.7 Å². The van der Waals surface area contributed by atoms with E-state index in [2.05, 4.69) is 4.72 Å². The van der Waals surface area contributed by atoms with Crippen molar-refractivity contribution in [2.24, 2.45) is 0 Å². The minimum Gasteiger partial charge on any atom is -0.399 e. The average Bonchev–Trinajstić information content (AvgIpc) is 2.25. The third-order valence-electron chi connectivity index (χ3n) is 3.57. The topological polar surface area (TPSA) is 72.2 Å². The summed E-state index contributed by atoms with van der Waals surface area (Å²) in [6.45, 7) is 0.382. The van der Waals surface area contributed by atoms with Crippen LogP contribution in [0.3, 0.4) is 0 Å². The Morgan fingerprint density at radius 3 is 2.30 bits per heavy atom. The molecule has 1 aliphatic rings. The highest BCUT2D eigenvalue weighted by Crippen LogP contribution is 2.42. The predicted octanol–water partition coefficient (Wildman–Crippen LogP) is 3.14. The summed E-state index contributed by atoms with van der Waals surface area (Å²) >= 11 is 13.6. The Bertz CT molecular complexity index is 587. The maximum atomic E-state index is 12.4. The molecule has 0 spiro atoms. The number of nitrogens with two attached hydrogens (primary N) is 1. The van der Waals surface area contributed by atoms with Gasteiger partial charge in [-0.05, 0) is 31.2 Å². The van der Waals surface area contributed by atoms with Crippen LogP contribution in [0.1, 0.15) is 19.3 Å². The maximum absolute atomic E-state index is 12.4. The Kier molecular flexibility index (Phi) is 4.81. The van der Waals surface area contributed by atoms with Gasteiger partial charge in [-0.3, -0.25) is 0 Å². The van der Waals surface area contributed by atoms with Crippen LogP contribution < -0.4 is 10.5 Å². The van der Waals surface area contributed by atoms with E-state index in [0.29, 0.717) is 12.2 Å². The van der Waals surface area contributed by atoms with Crippen LogP contribution in [0.5, 0.6) is 0 Å². The van der Waals surface area contributed by atoms with Gasteiger partial charge in [0.05, 0.1) is 10.0 Å². The number of benzene rings is 1. The molecule has 0 atom stereocenters. The van der Waals surface area contributed by atoms with Gasteiger partial charge < -0.3 is 5.73 Å². The molecule has 0 heterocycles. The van der Waals surface area contributed by atoms with Crippen LogP contribution in [-0.2, 0) is 10.0 Å². The van der Waals surface area contributed by atoms with Gasteiger partial charge in [0.15, 0.2) is 0 Å². The van der Waals surface area contributed by atoms with Crippen LogP contribution in [0.4, 0.5) is 5.69 Å². The van der Waals surface area contributed by atoms with Gasteiger partial charge in [-0.1, -0.05) is 29.6 Å². The van der Waals surface area contributed by atoms with Crippen LogP contribution in [0.15, 0.2) is 17.0 Å². The van der Waals surface area contributed by atoms with E-state index in [0.717, 1.165) is 19.3 Å². The highest BCUT2D eigenvalue weighted by atomic mass is 35.5. The monoisotopic (exact) mass is 354 g/mol. The molecule has 8 heteroatoms. The summed E-state index contributed by atoms with van der Waals surface area (Å²) in [5.74, 6) is 0. The lowest BCUT2D eigenvalue weighted by molar-refractivity contribution is 0.362. The van der Waals surface area contributed by atoms with E-state index in [1.165, 1.54) is 12.1 Å². The summed E-state index contributed by atoms with van der Waals surface area (Å²) in [6, 6.07) is 2.77. The van der Waals surface area contributed by atoms with Crippen molar-refractivity contribution < 1.29 is 8.42 Å². The zero-order valence-corrected chi connectivity index (χ0v) is 14.1. The van der Waals surface area contributed by atoms with Gasteiger partial charge in [0.25, 0.3) is 0 Å². The number of thioether (sulfide) groups is 1. The number of hydrogen-bond donors (Lipinski definition) is 2. The van der Waals surface area contributed by atoms with Crippen molar-refractivity contribution in [3.8, 4) is 0 Å². The molecule has 1 aromatic carbocycles. The third kappa shape index (κ3) is 3.20. The molecule has 1 aliphatic carbocycles. The molecule has 0 radical (unpaired) electrons.